The van der Waals surface area contributed by atoms with Gasteiger partial charge < -0.3 is 5.73 Å². The fourth-order valence-electron chi connectivity index (χ4n) is 1.88. The van der Waals surface area contributed by atoms with E-state index < -0.39 is 0 Å². The molecule has 0 amide bonds. The summed E-state index contributed by atoms with van der Waals surface area (Å²) in [7, 11) is 0. The Bertz CT molecular complexity index is 732. The molecule has 2 heterocycles. The maximum Gasteiger partial charge on any atom is 0.179 e. The van der Waals surface area contributed by atoms with Crippen LogP contribution in [-0.4, -0.2) is 10.8 Å². The van der Waals surface area contributed by atoms with Gasteiger partial charge in [0.2, 0.25) is 0 Å². The van der Waals surface area contributed by atoms with E-state index in [1.54, 1.807) is 0 Å². The van der Waals surface area contributed by atoms with Crippen LogP contribution in [0.25, 0.3) is 11.3 Å². The first-order chi connectivity index (χ1) is 9.72. The van der Waals surface area contributed by atoms with Gasteiger partial charge in [-0.1, -0.05) is 18.2 Å². The first-order valence-corrected chi connectivity index (χ1v) is 7.85. The molecule has 3 nitrogen and oxygen atoms in total. The van der Waals surface area contributed by atoms with E-state index in [0.29, 0.717) is 12.1 Å². The third kappa shape index (κ3) is 2.79. The van der Waals surface area contributed by atoms with Crippen LogP contribution < -0.4 is 5.73 Å². The molecule has 0 aliphatic heterocycles. The Morgan fingerprint density at radius 3 is 2.85 bits per heavy atom. The molecule has 0 atom stereocenters. The molecule has 0 aliphatic rings. The summed E-state index contributed by atoms with van der Waals surface area (Å²) in [6.07, 6.45) is 0.355. The molecule has 100 valence electrons. The van der Waals surface area contributed by atoms with Crippen LogP contribution in [0.3, 0.4) is 0 Å². The van der Waals surface area contributed by atoms with Gasteiger partial charge in [0.15, 0.2) is 5.78 Å². The number of carbonyl (C=O) groups is 1. The molecule has 0 saturated heterocycles. The minimum absolute atomic E-state index is 0.119. The summed E-state index contributed by atoms with van der Waals surface area (Å²) >= 11 is 2.97. The van der Waals surface area contributed by atoms with E-state index in [-0.39, 0.29) is 5.78 Å². The van der Waals surface area contributed by atoms with Crippen molar-refractivity contribution in [2.75, 3.05) is 5.73 Å². The first kappa shape index (κ1) is 13.0. The number of rotatable bonds is 4. The fraction of sp³-hybridized carbons (Fsp3) is 0.0667. The van der Waals surface area contributed by atoms with Crippen LogP contribution in [-0.2, 0) is 6.42 Å². The minimum Gasteiger partial charge on any atom is -0.399 e. The zero-order valence-corrected chi connectivity index (χ0v) is 12.2. The quantitative estimate of drug-likeness (QED) is 0.587. The van der Waals surface area contributed by atoms with E-state index in [1.165, 1.54) is 22.7 Å². The number of nitrogen functional groups attached to an aromatic ring is 1. The highest BCUT2D eigenvalue weighted by Gasteiger charge is 2.11. The molecule has 2 N–H and O–H groups in total. The molecule has 0 saturated carbocycles. The number of thiazole rings is 1. The molecule has 3 rings (SSSR count). The van der Waals surface area contributed by atoms with Crippen molar-refractivity contribution in [3.05, 3.63) is 57.0 Å². The number of hydrogen-bond donors (Lipinski definition) is 1. The molecule has 0 radical (unpaired) electrons. The van der Waals surface area contributed by atoms with E-state index >= 15 is 0 Å². The summed E-state index contributed by atoms with van der Waals surface area (Å²) in [5, 5.41) is 4.71. The molecule has 0 aliphatic carbocycles. The molecule has 0 fully saturated rings. The lowest BCUT2D eigenvalue weighted by Gasteiger charge is -1.98. The van der Waals surface area contributed by atoms with Crippen LogP contribution in [0.2, 0.25) is 0 Å². The number of hydrogen-bond acceptors (Lipinski definition) is 5. The first-order valence-electron chi connectivity index (χ1n) is 6.09. The zero-order valence-electron chi connectivity index (χ0n) is 10.6. The summed E-state index contributed by atoms with van der Waals surface area (Å²) in [5.74, 6) is 0.119. The van der Waals surface area contributed by atoms with Gasteiger partial charge in [-0.25, -0.2) is 4.98 Å². The second-order valence-corrected chi connectivity index (χ2v) is 6.22. The second-order valence-electron chi connectivity index (χ2n) is 4.33. The topological polar surface area (TPSA) is 56.0 Å². The SMILES string of the molecule is Nc1cccc(-c2csc(CC(=O)c3cccs3)n2)c1. The third-order valence-electron chi connectivity index (χ3n) is 2.84. The Morgan fingerprint density at radius 2 is 2.10 bits per heavy atom. The predicted octanol–water partition coefficient (Wildman–Crippen LogP) is 3.88. The summed E-state index contributed by atoms with van der Waals surface area (Å²) < 4.78 is 0. The summed E-state index contributed by atoms with van der Waals surface area (Å²) in [4.78, 5) is 17.3. The third-order valence-corrected chi connectivity index (χ3v) is 4.60. The van der Waals surface area contributed by atoms with E-state index in [1.807, 2.05) is 47.2 Å². The number of nitrogens with zero attached hydrogens (tertiary/aromatic N) is 1. The number of benzene rings is 1. The van der Waals surface area contributed by atoms with Crippen molar-refractivity contribution < 1.29 is 4.79 Å². The van der Waals surface area contributed by atoms with E-state index in [0.717, 1.165) is 21.1 Å². The van der Waals surface area contributed by atoms with Crippen molar-refractivity contribution in [2.45, 2.75) is 6.42 Å². The van der Waals surface area contributed by atoms with Crippen molar-refractivity contribution >= 4 is 34.1 Å². The lowest BCUT2D eigenvalue weighted by atomic mass is 10.1. The molecule has 1 aromatic carbocycles. The van der Waals surface area contributed by atoms with Gasteiger partial charge in [-0.15, -0.1) is 22.7 Å². The predicted molar refractivity (Wildman–Crippen MR) is 84.3 cm³/mol. The van der Waals surface area contributed by atoms with Gasteiger partial charge in [0.05, 0.1) is 17.0 Å². The summed E-state index contributed by atoms with van der Waals surface area (Å²) in [6.45, 7) is 0. The fourth-order valence-corrected chi connectivity index (χ4v) is 3.35. The van der Waals surface area contributed by atoms with E-state index in [9.17, 15) is 4.79 Å². The van der Waals surface area contributed by atoms with Crippen LogP contribution in [0.4, 0.5) is 5.69 Å². The van der Waals surface area contributed by atoms with Gasteiger partial charge in [0.25, 0.3) is 0 Å². The average Bonchev–Trinajstić information content (AvgIpc) is 3.10. The van der Waals surface area contributed by atoms with Gasteiger partial charge in [0.1, 0.15) is 5.01 Å². The van der Waals surface area contributed by atoms with E-state index in [2.05, 4.69) is 4.98 Å². The number of aromatic nitrogens is 1. The van der Waals surface area contributed by atoms with Crippen molar-refractivity contribution in [1.29, 1.82) is 0 Å². The molecule has 0 unspecified atom stereocenters. The van der Waals surface area contributed by atoms with Gasteiger partial charge in [-0.2, -0.15) is 0 Å². The number of anilines is 1. The van der Waals surface area contributed by atoms with Crippen LogP contribution in [0.1, 0.15) is 14.7 Å². The van der Waals surface area contributed by atoms with E-state index in [4.69, 9.17) is 5.73 Å². The van der Waals surface area contributed by atoms with Gasteiger partial charge in [0, 0.05) is 16.6 Å². The van der Waals surface area contributed by atoms with Gasteiger partial charge in [-0.3, -0.25) is 4.79 Å². The molecule has 20 heavy (non-hydrogen) atoms. The van der Waals surface area contributed by atoms with Crippen LogP contribution in [0, 0.1) is 0 Å². The Labute approximate surface area is 124 Å². The highest BCUT2D eigenvalue weighted by atomic mass is 32.1. The normalized spacial score (nSPS) is 10.6. The maximum absolute atomic E-state index is 12.0. The Morgan fingerprint density at radius 1 is 1.20 bits per heavy atom. The van der Waals surface area contributed by atoms with Gasteiger partial charge in [-0.05, 0) is 23.6 Å². The molecule has 2 aromatic heterocycles. The zero-order chi connectivity index (χ0) is 13.9. The number of thiophene rings is 1. The smallest absolute Gasteiger partial charge is 0.179 e. The molecule has 0 spiro atoms. The lowest BCUT2D eigenvalue weighted by molar-refractivity contribution is 0.0997. The Kier molecular flexibility index (Phi) is 3.62. The number of nitrogens with two attached hydrogens (primary N) is 1. The lowest BCUT2D eigenvalue weighted by Crippen LogP contribution is -2.00. The standard InChI is InChI=1S/C15H12N2OS2/c16-11-4-1-3-10(7-11)12-9-20-15(17-12)8-13(18)14-5-2-6-19-14/h1-7,9H,8,16H2. The second kappa shape index (κ2) is 5.56. The Balaban J connectivity index is 1.79. The van der Waals surface area contributed by atoms with Crippen molar-refractivity contribution in [3.63, 3.8) is 0 Å². The average molecular weight is 300 g/mol. The van der Waals surface area contributed by atoms with Crippen molar-refractivity contribution in [1.82, 2.24) is 4.98 Å². The summed E-state index contributed by atoms with van der Waals surface area (Å²) in [6, 6.07) is 11.3. The molecule has 3 aromatic rings. The minimum atomic E-state index is 0.119. The monoisotopic (exact) mass is 300 g/mol. The highest BCUT2D eigenvalue weighted by molar-refractivity contribution is 7.12. The van der Waals surface area contributed by atoms with Crippen LogP contribution in [0.15, 0.2) is 47.2 Å². The number of ketones is 1. The highest BCUT2D eigenvalue weighted by Crippen LogP contribution is 2.24. The van der Waals surface area contributed by atoms with Crippen molar-refractivity contribution in [2.24, 2.45) is 0 Å². The Hall–Kier alpha value is -1.98. The largest absolute Gasteiger partial charge is 0.399 e. The van der Waals surface area contributed by atoms with Crippen LogP contribution in [0.5, 0.6) is 0 Å². The summed E-state index contributed by atoms with van der Waals surface area (Å²) in [5.41, 5.74) is 8.34. The number of Topliss-reactive ketones (excluding diaryl/α,β-unsaturated/α-hetero) is 1. The molecular weight excluding hydrogens is 288 g/mol. The maximum atomic E-state index is 12.0. The molecule has 0 bridgehead atoms. The number of carbonyl (C=O) groups excluding carboxylic acids is 1. The molecular formula is C15H12N2OS2. The van der Waals surface area contributed by atoms with Crippen LogP contribution >= 0.6 is 22.7 Å². The molecule has 5 heteroatoms. The van der Waals surface area contributed by atoms with Crippen molar-refractivity contribution in [3.8, 4) is 11.3 Å². The van der Waals surface area contributed by atoms with Gasteiger partial charge >= 0.3 is 0 Å².